The quantitative estimate of drug-likeness (QED) is 0.637. The Kier molecular flexibility index (Phi) is 4.38. The van der Waals surface area contributed by atoms with Crippen molar-refractivity contribution in [2.24, 2.45) is 0 Å². The van der Waals surface area contributed by atoms with Gasteiger partial charge in [-0.05, 0) is 0 Å². The van der Waals surface area contributed by atoms with Crippen molar-refractivity contribution in [2.75, 3.05) is 13.3 Å². The lowest BCUT2D eigenvalue weighted by Gasteiger charge is -2.01. The zero-order chi connectivity index (χ0) is 8.91. The molecule has 0 spiro atoms. The summed E-state index contributed by atoms with van der Waals surface area (Å²) >= 11 is 0. The maximum atomic E-state index is 11.2. The minimum atomic E-state index is -4.73. The number of halogens is 3. The van der Waals surface area contributed by atoms with Crippen molar-refractivity contribution in [3.05, 3.63) is 0 Å². The van der Waals surface area contributed by atoms with E-state index in [-0.39, 0.29) is 0 Å². The van der Waals surface area contributed by atoms with Crippen LogP contribution in [0.4, 0.5) is 13.2 Å². The highest BCUT2D eigenvalue weighted by atomic mass is 32.3. The largest absolute Gasteiger partial charge is 0.404 e. The molecule has 0 aliphatic heterocycles. The second kappa shape index (κ2) is 4.52. The second-order valence-corrected chi connectivity index (χ2v) is 2.52. The zero-order valence-corrected chi connectivity index (χ0v) is 5.98. The molecule has 0 N–H and O–H groups in total. The normalized spacial score (nSPS) is 12.4. The Balaban J connectivity index is 3.82. The second-order valence-electron chi connectivity index (χ2n) is 1.28. The van der Waals surface area contributed by atoms with Crippen molar-refractivity contribution >= 4 is 10.4 Å². The summed E-state index contributed by atoms with van der Waals surface area (Å²) in [6.45, 7) is -5.40. The van der Waals surface area contributed by atoms with Crippen LogP contribution >= 0.6 is 0 Å². The molecule has 11 heavy (non-hydrogen) atoms. The molecule has 0 rings (SSSR count). The van der Waals surface area contributed by atoms with E-state index < -0.39 is 30.3 Å². The highest BCUT2D eigenvalue weighted by molar-refractivity contribution is 7.81. The molecule has 0 atom stereocenters. The lowest BCUT2D eigenvalue weighted by Crippen LogP contribution is -2.14. The van der Waals surface area contributed by atoms with E-state index in [0.29, 0.717) is 0 Å². The van der Waals surface area contributed by atoms with Crippen LogP contribution in [0.15, 0.2) is 0 Å². The fourth-order valence-corrected chi connectivity index (χ4v) is 0.751. The van der Waals surface area contributed by atoms with E-state index in [2.05, 4.69) is 8.37 Å². The number of alkyl halides is 3. The Morgan fingerprint density at radius 2 is 1.91 bits per heavy atom. The highest BCUT2D eigenvalue weighted by Gasteiger charge is 2.18. The predicted molar refractivity (Wildman–Crippen MR) is 27.9 cm³/mol. The van der Waals surface area contributed by atoms with Crippen LogP contribution in [0.3, 0.4) is 0 Å². The van der Waals surface area contributed by atoms with Gasteiger partial charge in [-0.1, -0.05) is 0 Å². The molecule has 0 radical (unpaired) electrons. The first-order chi connectivity index (χ1) is 4.98. The molecule has 0 amide bonds. The van der Waals surface area contributed by atoms with E-state index in [1.54, 1.807) is 0 Å². The van der Waals surface area contributed by atoms with Gasteiger partial charge in [0.2, 0.25) is 0 Å². The Morgan fingerprint density at radius 1 is 1.36 bits per heavy atom. The van der Waals surface area contributed by atoms with Gasteiger partial charge in [-0.3, -0.25) is 0 Å². The molecule has 0 unspecified atom stereocenters. The maximum absolute atomic E-state index is 11.2. The van der Waals surface area contributed by atoms with Gasteiger partial charge in [0.05, 0.1) is 6.61 Å². The number of rotatable bonds is 5. The molecule has 0 saturated heterocycles. The molecule has 0 heterocycles. The van der Waals surface area contributed by atoms with Crippen molar-refractivity contribution in [3.63, 3.8) is 0 Å². The lowest BCUT2D eigenvalue weighted by molar-refractivity contribution is -0.0550. The third kappa shape index (κ3) is 6.07. The summed E-state index contributed by atoms with van der Waals surface area (Å²) in [5.74, 6) is 0. The first-order valence-corrected chi connectivity index (χ1v) is 3.73. The van der Waals surface area contributed by atoms with Crippen LogP contribution in [-0.4, -0.2) is 28.3 Å². The van der Waals surface area contributed by atoms with Gasteiger partial charge < -0.3 is 0 Å². The molecule has 8 heteroatoms. The molecule has 0 fully saturated rings. The van der Waals surface area contributed by atoms with E-state index in [1.807, 2.05) is 0 Å². The molecule has 0 saturated carbocycles. The van der Waals surface area contributed by atoms with Gasteiger partial charge in [-0.15, -0.1) is 0 Å². The topological polar surface area (TPSA) is 52.6 Å². The molecule has 0 aliphatic carbocycles. The van der Waals surface area contributed by atoms with Crippen LogP contribution in [0.1, 0.15) is 0 Å². The summed E-state index contributed by atoms with van der Waals surface area (Å²) in [5.41, 5.74) is 0. The Bertz CT molecular complexity index is 189. The fraction of sp³-hybridized carbons (Fsp3) is 1.00. The van der Waals surface area contributed by atoms with E-state index in [0.717, 1.165) is 0 Å². The van der Waals surface area contributed by atoms with E-state index >= 15 is 0 Å². The van der Waals surface area contributed by atoms with Gasteiger partial charge >= 0.3 is 17.0 Å². The maximum Gasteiger partial charge on any atom is 0.404 e. The highest BCUT2D eigenvalue weighted by Crippen LogP contribution is 2.03. The van der Waals surface area contributed by atoms with Crippen LogP contribution < -0.4 is 0 Å². The van der Waals surface area contributed by atoms with Crippen molar-refractivity contribution in [1.82, 2.24) is 0 Å². The van der Waals surface area contributed by atoms with Crippen molar-refractivity contribution in [2.45, 2.75) is 6.61 Å². The molecule has 4 nitrogen and oxygen atoms in total. The monoisotopic (exact) mass is 194 g/mol. The van der Waals surface area contributed by atoms with Crippen molar-refractivity contribution in [3.8, 4) is 0 Å². The predicted octanol–water partition coefficient (Wildman–Crippen LogP) is 0.457. The SMILES string of the molecule is O=S(=O)(OCCF)OC(F)F. The van der Waals surface area contributed by atoms with Gasteiger partial charge in [0.1, 0.15) is 6.67 Å². The average Bonchev–Trinajstić information content (AvgIpc) is 1.81. The number of hydrogen-bond donors (Lipinski definition) is 0. The summed E-state index contributed by atoms with van der Waals surface area (Å²) in [6, 6.07) is 0. The van der Waals surface area contributed by atoms with E-state index in [1.165, 1.54) is 0 Å². The van der Waals surface area contributed by atoms with Crippen molar-refractivity contribution in [1.29, 1.82) is 0 Å². The van der Waals surface area contributed by atoms with Gasteiger partial charge in [0.15, 0.2) is 0 Å². The van der Waals surface area contributed by atoms with Crippen molar-refractivity contribution < 1.29 is 30.0 Å². The molecule has 0 aromatic heterocycles. The summed E-state index contributed by atoms with van der Waals surface area (Å²) in [6.07, 6.45) is 0. The van der Waals surface area contributed by atoms with Gasteiger partial charge in [0.25, 0.3) is 0 Å². The third-order valence-electron chi connectivity index (χ3n) is 0.495. The Hall–Kier alpha value is -0.340. The van der Waals surface area contributed by atoms with Gasteiger partial charge in [-0.2, -0.15) is 21.4 Å². The molecule has 0 aromatic rings. The van der Waals surface area contributed by atoms with Crippen LogP contribution in [-0.2, 0) is 18.8 Å². The van der Waals surface area contributed by atoms with Crippen LogP contribution in [0, 0.1) is 0 Å². The summed E-state index contributed by atoms with van der Waals surface area (Å²) in [7, 11) is -4.73. The zero-order valence-electron chi connectivity index (χ0n) is 5.17. The lowest BCUT2D eigenvalue weighted by atomic mass is 10.9. The molecule has 0 aromatic carbocycles. The summed E-state index contributed by atoms with van der Waals surface area (Å²) in [5, 5.41) is 0. The molecule has 0 aliphatic rings. The standard InChI is InChI=1S/C3H5F3O4S/c4-1-2-9-11(7,8)10-3(5)6/h3H,1-2H2. The third-order valence-corrected chi connectivity index (χ3v) is 1.33. The Labute approximate surface area is 61.2 Å². The first kappa shape index (κ1) is 10.7. The van der Waals surface area contributed by atoms with Gasteiger partial charge in [-0.25, -0.2) is 8.57 Å². The van der Waals surface area contributed by atoms with Crippen LogP contribution in [0.5, 0.6) is 0 Å². The van der Waals surface area contributed by atoms with E-state index in [9.17, 15) is 21.6 Å². The fourth-order valence-electron chi connectivity index (χ4n) is 0.250. The minimum Gasteiger partial charge on any atom is -0.249 e. The Morgan fingerprint density at radius 3 is 2.27 bits per heavy atom. The smallest absolute Gasteiger partial charge is 0.249 e. The van der Waals surface area contributed by atoms with Crippen LogP contribution in [0.2, 0.25) is 0 Å². The summed E-state index contributed by atoms with van der Waals surface area (Å²) < 4.78 is 60.4. The molecule has 0 bridgehead atoms. The van der Waals surface area contributed by atoms with Crippen LogP contribution in [0.25, 0.3) is 0 Å². The number of hydrogen-bond acceptors (Lipinski definition) is 4. The minimum absolute atomic E-state index is 0.824. The van der Waals surface area contributed by atoms with E-state index in [4.69, 9.17) is 0 Å². The summed E-state index contributed by atoms with van der Waals surface area (Å²) in [4.78, 5) is 0. The first-order valence-electron chi connectivity index (χ1n) is 2.39. The molecular formula is C3H5F3O4S. The molecule has 68 valence electrons. The average molecular weight is 194 g/mol. The van der Waals surface area contributed by atoms with Gasteiger partial charge in [0, 0.05) is 0 Å². The molecular weight excluding hydrogens is 189 g/mol.